The number of rotatable bonds is 13. The number of nitrogen functional groups attached to an aromatic ring is 1. The fraction of sp³-hybridized carbons (Fsp3) is 0.630. The van der Waals surface area contributed by atoms with Gasteiger partial charge >= 0.3 is 24.3 Å². The van der Waals surface area contributed by atoms with Crippen LogP contribution in [-0.2, 0) is 42.9 Å². The molecule has 0 unspecified atom stereocenters. The highest BCUT2D eigenvalue weighted by atomic mass is 35.5. The van der Waals surface area contributed by atoms with Crippen LogP contribution in [0.5, 0.6) is 0 Å². The number of esters is 1. The Morgan fingerprint density at radius 1 is 0.844 bits per heavy atom. The third kappa shape index (κ3) is 12.1. The van der Waals surface area contributed by atoms with Gasteiger partial charge in [0.15, 0.2) is 6.10 Å². The van der Waals surface area contributed by atoms with Crippen molar-refractivity contribution in [2.75, 3.05) is 83.1 Å². The van der Waals surface area contributed by atoms with Crippen LogP contribution >= 0.6 is 11.6 Å². The lowest BCUT2D eigenvalue weighted by Crippen LogP contribution is -2.52. The summed E-state index contributed by atoms with van der Waals surface area (Å²) in [6.07, 6.45) is 1.29. The SMILES string of the molecule is Nc1c(Cl)cc(C[C@@H](OC(=O)N2CCC(N3CCc4ccccc4NC3=O)CC2)C(=O)N2CCC(C3CCN(CCC(=O)OCCCN4CCCCC4=O)CC3)CC2)cc1C(F)(F)F. The van der Waals surface area contributed by atoms with E-state index < -0.39 is 35.5 Å². The number of urea groups is 1. The molecule has 3 N–H and O–H groups in total. The van der Waals surface area contributed by atoms with E-state index in [1.54, 1.807) is 9.80 Å². The van der Waals surface area contributed by atoms with Gasteiger partial charge in [0.2, 0.25) is 5.91 Å². The number of carbonyl (C=O) groups excluding carboxylic acids is 5. The summed E-state index contributed by atoms with van der Waals surface area (Å²) in [7, 11) is 0. The van der Waals surface area contributed by atoms with Crippen LogP contribution in [0.15, 0.2) is 36.4 Å². The van der Waals surface area contributed by atoms with Crippen molar-refractivity contribution < 1.29 is 46.6 Å². The first kappa shape index (κ1) is 47.2. The zero-order valence-corrected chi connectivity index (χ0v) is 37.2. The van der Waals surface area contributed by atoms with Gasteiger partial charge in [0, 0.05) is 76.9 Å². The average Bonchev–Trinajstić information content (AvgIpc) is 3.46. The number of hydrogen-bond donors (Lipinski definition) is 2. The molecule has 350 valence electrons. The Bertz CT molecular complexity index is 1980. The Hall–Kier alpha value is -4.77. The van der Waals surface area contributed by atoms with Crippen LogP contribution in [0.2, 0.25) is 5.02 Å². The molecule has 0 radical (unpaired) electrons. The van der Waals surface area contributed by atoms with Crippen molar-refractivity contribution in [2.45, 2.75) is 102 Å². The van der Waals surface area contributed by atoms with Crippen molar-refractivity contribution in [3.63, 3.8) is 0 Å². The fourth-order valence-electron chi connectivity index (χ4n) is 10.0. The number of halogens is 4. The number of anilines is 2. The van der Waals surface area contributed by atoms with Crippen molar-refractivity contribution in [1.82, 2.24) is 24.5 Å². The summed E-state index contributed by atoms with van der Waals surface area (Å²) >= 11 is 6.17. The summed E-state index contributed by atoms with van der Waals surface area (Å²) in [6.45, 7) is 5.92. The molecule has 2 aromatic carbocycles. The van der Waals surface area contributed by atoms with Crippen molar-refractivity contribution in [3.05, 3.63) is 58.1 Å². The van der Waals surface area contributed by atoms with Crippen LogP contribution < -0.4 is 11.1 Å². The van der Waals surface area contributed by atoms with Crippen molar-refractivity contribution in [3.8, 4) is 0 Å². The second-order valence-corrected chi connectivity index (χ2v) is 18.3. The van der Waals surface area contributed by atoms with Crippen LogP contribution in [0.3, 0.4) is 0 Å². The van der Waals surface area contributed by atoms with Crippen molar-refractivity contribution in [2.24, 2.45) is 11.8 Å². The minimum absolute atomic E-state index is 0.0602. The summed E-state index contributed by atoms with van der Waals surface area (Å²) in [6, 6.07) is 9.48. The number of carbonyl (C=O) groups is 5. The highest BCUT2D eigenvalue weighted by molar-refractivity contribution is 6.33. The number of likely N-dealkylation sites (tertiary alicyclic amines) is 4. The number of amides is 5. The lowest BCUT2D eigenvalue weighted by molar-refractivity contribution is -0.145. The predicted molar refractivity (Wildman–Crippen MR) is 234 cm³/mol. The van der Waals surface area contributed by atoms with E-state index in [0.29, 0.717) is 89.7 Å². The molecule has 4 saturated heterocycles. The summed E-state index contributed by atoms with van der Waals surface area (Å²) in [5.41, 5.74) is 5.85. The zero-order valence-electron chi connectivity index (χ0n) is 36.4. The third-order valence-corrected chi connectivity index (χ3v) is 14.1. The number of nitrogens with two attached hydrogens (primary N) is 1. The highest BCUT2D eigenvalue weighted by Gasteiger charge is 2.39. The Balaban J connectivity index is 0.895. The standard InChI is InChI=1S/C46H61ClF3N7O7/c47-37-29-31(28-36(42(37)51)46(48,49)50)30-39(64-45(62)56-24-14-35(15-25-56)57-26-13-34-6-1-2-7-38(34)52-44(57)61)43(60)55-22-11-33(12-23-55)32-9-19-53(20-10-32)21-16-41(59)63-27-5-18-54-17-4-3-8-40(54)58/h1-2,6-7,28-29,32-33,35,39H,3-5,8-27,30,51H2,(H,52,61)/t39-/m1/s1. The number of benzene rings is 2. The Morgan fingerprint density at radius 2 is 1.53 bits per heavy atom. The molecule has 5 aliphatic heterocycles. The smallest absolute Gasteiger partial charge is 0.418 e. The largest absolute Gasteiger partial charge is 0.466 e. The summed E-state index contributed by atoms with van der Waals surface area (Å²) in [4.78, 5) is 74.6. The van der Waals surface area contributed by atoms with Gasteiger partial charge < -0.3 is 45.0 Å². The minimum atomic E-state index is -4.79. The molecule has 14 nitrogen and oxygen atoms in total. The molecule has 1 atom stereocenters. The minimum Gasteiger partial charge on any atom is -0.466 e. The first-order chi connectivity index (χ1) is 30.7. The van der Waals surface area contributed by atoms with Gasteiger partial charge in [-0.15, -0.1) is 0 Å². The normalized spacial score (nSPS) is 20.4. The Labute approximate surface area is 377 Å². The van der Waals surface area contributed by atoms with Crippen LogP contribution in [-0.4, -0.2) is 139 Å². The molecular weight excluding hydrogens is 855 g/mol. The quantitative estimate of drug-likeness (QED) is 0.125. The number of nitrogens with zero attached hydrogens (tertiary/aromatic N) is 5. The number of fused-ring (bicyclic) bond motifs is 1. The molecule has 4 fully saturated rings. The highest BCUT2D eigenvalue weighted by Crippen LogP contribution is 2.39. The lowest BCUT2D eigenvalue weighted by atomic mass is 9.78. The van der Waals surface area contributed by atoms with Crippen LogP contribution in [0.4, 0.5) is 34.1 Å². The second-order valence-electron chi connectivity index (χ2n) is 17.9. The maximum absolute atomic E-state index is 14.2. The molecule has 18 heteroatoms. The van der Waals surface area contributed by atoms with E-state index >= 15 is 0 Å². The first-order valence-corrected chi connectivity index (χ1v) is 23.3. The van der Waals surface area contributed by atoms with Crippen LogP contribution in [0.1, 0.15) is 87.3 Å². The third-order valence-electron chi connectivity index (χ3n) is 13.8. The zero-order chi connectivity index (χ0) is 45.4. The van der Waals surface area contributed by atoms with Crippen LogP contribution in [0, 0.1) is 11.8 Å². The molecule has 0 saturated carbocycles. The topological polar surface area (TPSA) is 158 Å². The van der Waals surface area contributed by atoms with Gasteiger partial charge in [-0.25, -0.2) is 9.59 Å². The number of para-hydroxylation sites is 1. The van der Waals surface area contributed by atoms with Gasteiger partial charge in [-0.1, -0.05) is 29.8 Å². The maximum Gasteiger partial charge on any atom is 0.418 e. The summed E-state index contributed by atoms with van der Waals surface area (Å²) in [5.74, 6) is 0.281. The van der Waals surface area contributed by atoms with Gasteiger partial charge in [0.05, 0.1) is 29.3 Å². The molecule has 5 aliphatic rings. The maximum atomic E-state index is 14.2. The van der Waals surface area contributed by atoms with E-state index in [1.165, 1.54) is 11.0 Å². The summed E-state index contributed by atoms with van der Waals surface area (Å²) < 4.78 is 53.2. The number of piperidine rings is 4. The number of nitrogens with one attached hydrogen (secondary N) is 1. The average molecular weight is 916 g/mol. The fourth-order valence-corrected chi connectivity index (χ4v) is 10.3. The van der Waals surface area contributed by atoms with E-state index in [9.17, 15) is 37.1 Å². The number of hydrogen-bond acceptors (Lipinski definition) is 9. The molecule has 0 bridgehead atoms. The van der Waals surface area contributed by atoms with E-state index in [2.05, 4.69) is 10.2 Å². The first-order valence-electron chi connectivity index (χ1n) is 22.9. The molecule has 0 spiro atoms. The van der Waals surface area contributed by atoms with Gasteiger partial charge in [-0.05, 0) is 118 Å². The van der Waals surface area contributed by atoms with Gasteiger partial charge in [-0.2, -0.15) is 13.2 Å². The van der Waals surface area contributed by atoms with Crippen molar-refractivity contribution >= 4 is 52.9 Å². The number of alkyl halides is 3. The molecule has 2 aromatic rings. The second kappa shape index (κ2) is 21.5. The van der Waals surface area contributed by atoms with Gasteiger partial charge in [0.25, 0.3) is 5.91 Å². The molecule has 5 heterocycles. The molecule has 0 aromatic heterocycles. The predicted octanol–water partition coefficient (Wildman–Crippen LogP) is 6.83. The van der Waals surface area contributed by atoms with Crippen LogP contribution in [0.25, 0.3) is 0 Å². The van der Waals surface area contributed by atoms with E-state index in [4.69, 9.17) is 26.8 Å². The molecule has 7 rings (SSSR count). The van der Waals surface area contributed by atoms with E-state index in [1.807, 2.05) is 29.2 Å². The van der Waals surface area contributed by atoms with Gasteiger partial charge in [0.1, 0.15) is 0 Å². The monoisotopic (exact) mass is 915 g/mol. The van der Waals surface area contributed by atoms with Crippen molar-refractivity contribution in [1.29, 1.82) is 0 Å². The molecule has 5 amide bonds. The van der Waals surface area contributed by atoms with E-state index in [0.717, 1.165) is 75.5 Å². The molecule has 64 heavy (non-hydrogen) atoms. The van der Waals surface area contributed by atoms with Gasteiger partial charge in [-0.3, -0.25) is 14.4 Å². The number of ether oxygens (including phenoxy) is 2. The molecule has 0 aliphatic carbocycles. The van der Waals surface area contributed by atoms with E-state index in [-0.39, 0.29) is 54.0 Å². The molecular formula is C46H61ClF3N7O7. The lowest BCUT2D eigenvalue weighted by Gasteiger charge is -2.41. The Morgan fingerprint density at radius 3 is 2.23 bits per heavy atom. The summed E-state index contributed by atoms with van der Waals surface area (Å²) in [5, 5.41) is 2.68. The Kier molecular flexibility index (Phi) is 15.8.